The van der Waals surface area contributed by atoms with Crippen LogP contribution >= 0.6 is 0 Å². The summed E-state index contributed by atoms with van der Waals surface area (Å²) >= 11 is 0. The van der Waals surface area contributed by atoms with E-state index in [0.717, 1.165) is 48.3 Å². The molecule has 0 N–H and O–H groups in total. The largest absolute Gasteiger partial charge is 0.334 e. The Morgan fingerprint density at radius 2 is 0.725 bits per heavy atom. The third-order valence-electron chi connectivity index (χ3n) is 12.1. The van der Waals surface area contributed by atoms with Crippen LogP contribution in [-0.2, 0) is 19.2 Å². The molecule has 8 aliphatic carbocycles. The molecule has 10 heteroatoms. The van der Waals surface area contributed by atoms with Crippen molar-refractivity contribution in [2.75, 3.05) is 13.1 Å². The molecule has 2 aliphatic heterocycles. The lowest BCUT2D eigenvalue weighted by molar-refractivity contribution is -0.150. The van der Waals surface area contributed by atoms with Crippen molar-refractivity contribution in [3.8, 4) is 0 Å². The van der Waals surface area contributed by atoms with E-state index in [1.807, 2.05) is 0 Å². The summed E-state index contributed by atoms with van der Waals surface area (Å²) in [6, 6.07) is -1.01. The highest BCUT2D eigenvalue weighted by Crippen LogP contribution is 2.59. The fourth-order valence-electron chi connectivity index (χ4n) is 11.5. The highest BCUT2D eigenvalue weighted by Gasteiger charge is 2.62. The summed E-state index contributed by atoms with van der Waals surface area (Å²) in [6.07, 6.45) is 12.6. The molecule has 0 radical (unpaired) electrons. The number of urea groups is 2. The molecule has 0 aromatic rings. The zero-order valence-corrected chi connectivity index (χ0v) is 23.0. The van der Waals surface area contributed by atoms with Crippen molar-refractivity contribution in [2.45, 2.75) is 101 Å². The summed E-state index contributed by atoms with van der Waals surface area (Å²) in [7, 11) is 0. The lowest BCUT2D eigenvalue weighted by Gasteiger charge is -2.58. The summed E-state index contributed by atoms with van der Waals surface area (Å²) in [5.74, 6) is 0.273. The Morgan fingerprint density at radius 3 is 1.00 bits per heavy atom. The van der Waals surface area contributed by atoms with Crippen LogP contribution in [0.25, 0.3) is 0 Å². The van der Waals surface area contributed by atoms with Gasteiger partial charge in [0.15, 0.2) is 0 Å². The molecule has 0 aromatic carbocycles. The molecular weight excluding hydrogens is 512 g/mol. The Balaban J connectivity index is 0.908. The molecule has 0 atom stereocenters. The molecule has 2 heterocycles. The van der Waals surface area contributed by atoms with Crippen LogP contribution in [0.5, 0.6) is 0 Å². The van der Waals surface area contributed by atoms with Gasteiger partial charge in [0.2, 0.25) is 0 Å². The minimum atomic E-state index is -0.766. The maximum atomic E-state index is 13.4. The average molecular weight is 551 g/mol. The second-order valence-electron chi connectivity index (χ2n) is 14.8. The predicted molar refractivity (Wildman–Crippen MR) is 139 cm³/mol. The minimum Gasteiger partial charge on any atom is -0.263 e. The van der Waals surface area contributed by atoms with Gasteiger partial charge in [0, 0.05) is 13.1 Å². The number of nitrogens with zero attached hydrogens (tertiary/aromatic N) is 4. The Morgan fingerprint density at radius 1 is 0.450 bits per heavy atom. The van der Waals surface area contributed by atoms with Crippen molar-refractivity contribution >= 4 is 35.7 Å². The van der Waals surface area contributed by atoms with Gasteiger partial charge in [-0.1, -0.05) is 0 Å². The molecule has 0 unspecified atom stereocenters. The highest BCUT2D eigenvalue weighted by atomic mass is 16.2. The molecule has 8 bridgehead atoms. The smallest absolute Gasteiger partial charge is 0.263 e. The van der Waals surface area contributed by atoms with Crippen molar-refractivity contribution in [3.63, 3.8) is 0 Å². The van der Waals surface area contributed by atoms with E-state index in [9.17, 15) is 28.8 Å². The van der Waals surface area contributed by atoms with Crippen LogP contribution in [0.4, 0.5) is 9.59 Å². The SMILES string of the molecule is O=C1C(=O)N(C23CC4CC(CC(C4)C2)C3)C(=O)N1CCCCN1C(=O)C(=O)N(C23CC4CC(CC(C4)C2)C3)C1=O. The Bertz CT molecular complexity index is 1080. The van der Waals surface area contributed by atoms with Crippen molar-refractivity contribution in [1.82, 2.24) is 19.6 Å². The number of hydrogen-bond donors (Lipinski definition) is 0. The van der Waals surface area contributed by atoms with E-state index < -0.39 is 46.8 Å². The molecule has 0 spiro atoms. The summed E-state index contributed by atoms with van der Waals surface area (Å²) in [5, 5.41) is 0. The molecule has 40 heavy (non-hydrogen) atoms. The minimum absolute atomic E-state index is 0.0646. The molecule has 10 nitrogen and oxygen atoms in total. The first-order valence-electron chi connectivity index (χ1n) is 15.6. The number of hydrogen-bond acceptors (Lipinski definition) is 6. The van der Waals surface area contributed by atoms with Crippen LogP contribution in [-0.4, -0.2) is 79.5 Å². The first-order valence-corrected chi connectivity index (χ1v) is 15.6. The van der Waals surface area contributed by atoms with Crippen LogP contribution in [0.1, 0.15) is 89.9 Å². The summed E-state index contributed by atoms with van der Waals surface area (Å²) in [5.41, 5.74) is -1.02. The molecule has 214 valence electrons. The maximum Gasteiger partial charge on any atom is 0.334 e. The van der Waals surface area contributed by atoms with E-state index in [0.29, 0.717) is 48.3 Å². The lowest BCUT2D eigenvalue weighted by Crippen LogP contribution is -2.62. The highest BCUT2D eigenvalue weighted by molar-refractivity contribution is 6.45. The second kappa shape index (κ2) is 8.38. The lowest BCUT2D eigenvalue weighted by atomic mass is 9.52. The van der Waals surface area contributed by atoms with E-state index in [1.54, 1.807) is 0 Å². The van der Waals surface area contributed by atoms with Gasteiger partial charge in [0.05, 0.1) is 11.1 Å². The number of carbonyl (C=O) groups is 6. The van der Waals surface area contributed by atoms with Gasteiger partial charge < -0.3 is 0 Å². The fourth-order valence-corrected chi connectivity index (χ4v) is 11.5. The zero-order valence-electron chi connectivity index (χ0n) is 23.0. The standard InChI is InChI=1S/C30H38N4O6/c35-23-25(37)33(29-11-17-5-18(12-29)7-19(6-17)13-29)27(39)31(23)3-1-2-4-32-24(36)26(38)34(28(32)40)30-14-20-8-21(15-30)10-22(9-20)16-30/h17-22H,1-16H2. The fraction of sp³-hybridized carbons (Fsp3) is 0.800. The molecule has 8 amide bonds. The normalized spacial score (nSPS) is 43.5. The van der Waals surface area contributed by atoms with E-state index in [1.165, 1.54) is 48.3 Å². The number of unbranched alkanes of at least 4 members (excludes halogenated alkanes) is 1. The van der Waals surface area contributed by atoms with Gasteiger partial charge >= 0.3 is 35.7 Å². The Kier molecular flexibility index (Phi) is 5.23. The molecule has 8 saturated carbocycles. The van der Waals surface area contributed by atoms with Gasteiger partial charge in [-0.3, -0.25) is 29.0 Å². The predicted octanol–water partition coefficient (Wildman–Crippen LogP) is 3.29. The van der Waals surface area contributed by atoms with Crippen LogP contribution < -0.4 is 0 Å². The molecule has 10 rings (SSSR count). The first-order chi connectivity index (χ1) is 19.2. The topological polar surface area (TPSA) is 115 Å². The third-order valence-corrected chi connectivity index (χ3v) is 12.1. The summed E-state index contributed by atoms with van der Waals surface area (Å²) in [6.45, 7) is 0.129. The molecule has 10 aliphatic rings. The van der Waals surface area contributed by atoms with Crippen LogP contribution in [0.3, 0.4) is 0 Å². The molecular formula is C30H38N4O6. The van der Waals surface area contributed by atoms with Crippen molar-refractivity contribution in [1.29, 1.82) is 0 Å². The molecule has 10 fully saturated rings. The number of amides is 8. The quantitative estimate of drug-likeness (QED) is 0.273. The third kappa shape index (κ3) is 3.39. The van der Waals surface area contributed by atoms with Crippen LogP contribution in [0.2, 0.25) is 0 Å². The van der Waals surface area contributed by atoms with E-state index in [2.05, 4.69) is 0 Å². The summed E-state index contributed by atoms with van der Waals surface area (Å²) in [4.78, 5) is 83.5. The maximum absolute atomic E-state index is 13.4. The monoisotopic (exact) mass is 550 g/mol. The van der Waals surface area contributed by atoms with Gasteiger partial charge in [-0.05, 0) is 125 Å². The van der Waals surface area contributed by atoms with Gasteiger partial charge in [-0.25, -0.2) is 19.4 Å². The van der Waals surface area contributed by atoms with Gasteiger partial charge in [-0.2, -0.15) is 0 Å². The Labute approximate surface area is 233 Å². The van der Waals surface area contributed by atoms with Crippen molar-refractivity contribution < 1.29 is 28.8 Å². The average Bonchev–Trinajstić information content (AvgIpc) is 3.23. The second-order valence-corrected chi connectivity index (χ2v) is 14.8. The van der Waals surface area contributed by atoms with Gasteiger partial charge in [0.25, 0.3) is 0 Å². The number of imide groups is 4. The number of carbonyl (C=O) groups excluding carboxylic acids is 6. The van der Waals surface area contributed by atoms with Crippen LogP contribution in [0.15, 0.2) is 0 Å². The van der Waals surface area contributed by atoms with Crippen molar-refractivity contribution in [2.24, 2.45) is 35.5 Å². The van der Waals surface area contributed by atoms with E-state index in [-0.39, 0.29) is 13.1 Å². The first kappa shape index (κ1) is 25.0. The van der Waals surface area contributed by atoms with E-state index in [4.69, 9.17) is 0 Å². The Hall–Kier alpha value is -2.78. The van der Waals surface area contributed by atoms with Crippen molar-refractivity contribution in [3.05, 3.63) is 0 Å². The van der Waals surface area contributed by atoms with Gasteiger partial charge in [-0.15, -0.1) is 0 Å². The molecule has 0 aromatic heterocycles. The summed E-state index contributed by atoms with van der Waals surface area (Å²) < 4.78 is 0. The zero-order chi connectivity index (χ0) is 27.6. The van der Waals surface area contributed by atoms with Crippen LogP contribution in [0, 0.1) is 35.5 Å². The van der Waals surface area contributed by atoms with E-state index >= 15 is 0 Å². The number of rotatable bonds is 7. The van der Waals surface area contributed by atoms with Gasteiger partial charge in [0.1, 0.15) is 0 Å². The molecule has 2 saturated heterocycles.